The summed E-state index contributed by atoms with van der Waals surface area (Å²) >= 11 is 0. The van der Waals surface area contributed by atoms with Crippen LogP contribution in [0.1, 0.15) is 26.2 Å². The van der Waals surface area contributed by atoms with Crippen molar-refractivity contribution in [3.63, 3.8) is 0 Å². The Labute approximate surface area is 145 Å². The fourth-order valence-electron chi connectivity index (χ4n) is 3.21. The molecular formula is C16H16F5N3O2. The van der Waals surface area contributed by atoms with Crippen molar-refractivity contribution in [1.29, 1.82) is 0 Å². The van der Waals surface area contributed by atoms with Gasteiger partial charge in [-0.3, -0.25) is 14.5 Å². The number of hydrogen-bond acceptors (Lipinski definition) is 3. The van der Waals surface area contributed by atoms with E-state index in [1.807, 2.05) is 6.92 Å². The van der Waals surface area contributed by atoms with Crippen molar-refractivity contribution in [1.82, 2.24) is 10.2 Å². The minimum Gasteiger partial charge on any atom is -0.344 e. The van der Waals surface area contributed by atoms with E-state index in [4.69, 9.17) is 0 Å². The van der Waals surface area contributed by atoms with Gasteiger partial charge in [-0.1, -0.05) is 0 Å². The molecule has 2 fully saturated rings. The Morgan fingerprint density at radius 3 is 2.00 bits per heavy atom. The SMILES string of the molecule is C[C@H]1C[C@H](NC(=O)C(=O)Nc2c(F)c(F)c(F)c(F)c2F)CN1C1CC1. The van der Waals surface area contributed by atoms with Gasteiger partial charge in [0.15, 0.2) is 23.3 Å². The number of nitrogens with zero attached hydrogens (tertiary/aromatic N) is 1. The number of rotatable bonds is 3. The number of nitrogens with one attached hydrogen (secondary N) is 2. The quantitative estimate of drug-likeness (QED) is 0.367. The van der Waals surface area contributed by atoms with Crippen LogP contribution in [0.3, 0.4) is 0 Å². The predicted molar refractivity (Wildman–Crippen MR) is 80.6 cm³/mol. The molecule has 1 aromatic rings. The second-order valence-electron chi connectivity index (χ2n) is 6.58. The Bertz CT molecular complexity index is 740. The molecule has 5 nitrogen and oxygen atoms in total. The zero-order valence-electron chi connectivity index (χ0n) is 13.7. The zero-order chi connectivity index (χ0) is 19.2. The van der Waals surface area contributed by atoms with E-state index in [0.717, 1.165) is 12.8 Å². The first kappa shape index (κ1) is 18.6. The van der Waals surface area contributed by atoms with Gasteiger partial charge in [0, 0.05) is 24.7 Å². The van der Waals surface area contributed by atoms with Gasteiger partial charge < -0.3 is 10.6 Å². The monoisotopic (exact) mass is 377 g/mol. The first-order valence-electron chi connectivity index (χ1n) is 8.09. The first-order chi connectivity index (χ1) is 12.2. The van der Waals surface area contributed by atoms with Gasteiger partial charge in [-0.15, -0.1) is 0 Å². The molecule has 10 heteroatoms. The van der Waals surface area contributed by atoms with Crippen molar-refractivity contribution >= 4 is 17.5 Å². The molecule has 2 amide bonds. The number of carbonyl (C=O) groups excluding carboxylic acids is 2. The van der Waals surface area contributed by atoms with E-state index in [1.165, 1.54) is 5.32 Å². The summed E-state index contributed by atoms with van der Waals surface area (Å²) in [5.74, 6) is -13.9. The van der Waals surface area contributed by atoms with Crippen LogP contribution in [0, 0.1) is 29.1 Å². The average molecular weight is 377 g/mol. The number of amides is 2. The number of hydrogen-bond donors (Lipinski definition) is 2. The molecule has 2 N–H and O–H groups in total. The summed E-state index contributed by atoms with van der Waals surface area (Å²) in [6.45, 7) is 2.52. The fraction of sp³-hybridized carbons (Fsp3) is 0.500. The van der Waals surface area contributed by atoms with Crippen LogP contribution in [-0.2, 0) is 9.59 Å². The van der Waals surface area contributed by atoms with Gasteiger partial charge in [0.1, 0.15) is 5.69 Å². The Hall–Kier alpha value is -2.23. The minimum absolute atomic E-state index is 0.214. The number of carbonyl (C=O) groups is 2. The van der Waals surface area contributed by atoms with E-state index >= 15 is 0 Å². The highest BCUT2D eigenvalue weighted by atomic mass is 19.2. The average Bonchev–Trinajstić information content (AvgIpc) is 3.38. The summed E-state index contributed by atoms with van der Waals surface area (Å²) in [4.78, 5) is 25.9. The maximum atomic E-state index is 13.6. The summed E-state index contributed by atoms with van der Waals surface area (Å²) in [6, 6.07) is 0.348. The highest BCUT2D eigenvalue weighted by molar-refractivity contribution is 6.39. The van der Waals surface area contributed by atoms with E-state index < -0.39 is 46.6 Å². The third-order valence-corrected chi connectivity index (χ3v) is 4.63. The van der Waals surface area contributed by atoms with Crippen LogP contribution in [0.4, 0.5) is 27.6 Å². The predicted octanol–water partition coefficient (Wildman–Crippen LogP) is 2.06. The van der Waals surface area contributed by atoms with Crippen LogP contribution in [0.15, 0.2) is 0 Å². The van der Waals surface area contributed by atoms with Crippen LogP contribution in [-0.4, -0.2) is 41.4 Å². The third-order valence-electron chi connectivity index (χ3n) is 4.63. The molecule has 1 aromatic carbocycles. The molecular weight excluding hydrogens is 361 g/mol. The van der Waals surface area contributed by atoms with Crippen molar-refractivity contribution in [3.8, 4) is 0 Å². The third kappa shape index (κ3) is 3.37. The zero-order valence-corrected chi connectivity index (χ0v) is 13.7. The largest absolute Gasteiger partial charge is 0.344 e. The van der Waals surface area contributed by atoms with Gasteiger partial charge in [-0.25, -0.2) is 22.0 Å². The first-order valence-corrected chi connectivity index (χ1v) is 8.09. The number of halogens is 5. The van der Waals surface area contributed by atoms with Gasteiger partial charge in [-0.2, -0.15) is 0 Å². The summed E-state index contributed by atoms with van der Waals surface area (Å²) in [7, 11) is 0. The molecule has 0 radical (unpaired) electrons. The van der Waals surface area contributed by atoms with E-state index in [0.29, 0.717) is 19.0 Å². The smallest absolute Gasteiger partial charge is 0.313 e. The molecule has 142 valence electrons. The van der Waals surface area contributed by atoms with Crippen LogP contribution in [0.5, 0.6) is 0 Å². The summed E-state index contributed by atoms with van der Waals surface area (Å²) in [5.41, 5.74) is -1.55. The van der Waals surface area contributed by atoms with Gasteiger partial charge in [-0.05, 0) is 26.2 Å². The topological polar surface area (TPSA) is 61.4 Å². The van der Waals surface area contributed by atoms with E-state index in [-0.39, 0.29) is 12.1 Å². The number of likely N-dealkylation sites (tertiary alicyclic amines) is 1. The molecule has 1 aliphatic heterocycles. The van der Waals surface area contributed by atoms with Crippen molar-refractivity contribution in [3.05, 3.63) is 29.1 Å². The maximum absolute atomic E-state index is 13.6. The van der Waals surface area contributed by atoms with Crippen molar-refractivity contribution in [2.75, 3.05) is 11.9 Å². The molecule has 1 saturated carbocycles. The lowest BCUT2D eigenvalue weighted by Crippen LogP contribution is -2.43. The molecule has 0 aromatic heterocycles. The Morgan fingerprint density at radius 1 is 0.923 bits per heavy atom. The molecule has 0 bridgehead atoms. The van der Waals surface area contributed by atoms with Crippen LogP contribution in [0.25, 0.3) is 0 Å². The Kier molecular flexibility index (Phi) is 4.87. The van der Waals surface area contributed by atoms with Gasteiger partial charge in [0.05, 0.1) is 0 Å². The second-order valence-corrected chi connectivity index (χ2v) is 6.58. The maximum Gasteiger partial charge on any atom is 0.313 e. The second kappa shape index (κ2) is 6.82. The van der Waals surface area contributed by atoms with Crippen molar-refractivity contribution in [2.45, 2.75) is 44.3 Å². The molecule has 1 aliphatic carbocycles. The van der Waals surface area contributed by atoms with Gasteiger partial charge in [0.25, 0.3) is 0 Å². The molecule has 2 atom stereocenters. The standard InChI is InChI=1S/C16H16F5N3O2/c1-6-4-7(5-24(6)8-2-3-8)22-15(25)16(26)23-14-12(20)10(18)9(17)11(19)13(14)21/h6-8H,2-5H2,1H3,(H,22,25)(H,23,26)/t6-,7-/m0/s1. The van der Waals surface area contributed by atoms with E-state index in [1.54, 1.807) is 0 Å². The van der Waals surface area contributed by atoms with Crippen LogP contribution >= 0.6 is 0 Å². The van der Waals surface area contributed by atoms with Crippen LogP contribution < -0.4 is 10.6 Å². The molecule has 1 saturated heterocycles. The molecule has 2 aliphatic rings. The lowest BCUT2D eigenvalue weighted by Gasteiger charge is -2.19. The number of anilines is 1. The molecule has 0 spiro atoms. The minimum atomic E-state index is -2.34. The highest BCUT2D eigenvalue weighted by Gasteiger charge is 2.39. The summed E-state index contributed by atoms with van der Waals surface area (Å²) < 4.78 is 66.4. The molecule has 26 heavy (non-hydrogen) atoms. The molecule has 1 heterocycles. The Balaban J connectivity index is 1.66. The lowest BCUT2D eigenvalue weighted by atomic mass is 10.2. The Morgan fingerprint density at radius 2 is 1.46 bits per heavy atom. The summed E-state index contributed by atoms with van der Waals surface area (Å²) in [6.07, 6.45) is 2.75. The number of benzene rings is 1. The van der Waals surface area contributed by atoms with E-state index in [9.17, 15) is 31.5 Å². The highest BCUT2D eigenvalue weighted by Crippen LogP contribution is 2.33. The summed E-state index contributed by atoms with van der Waals surface area (Å²) in [5, 5.41) is 3.88. The molecule has 3 rings (SSSR count). The van der Waals surface area contributed by atoms with E-state index in [2.05, 4.69) is 10.2 Å². The van der Waals surface area contributed by atoms with Crippen LogP contribution in [0.2, 0.25) is 0 Å². The molecule has 0 unspecified atom stereocenters. The lowest BCUT2D eigenvalue weighted by molar-refractivity contribution is -0.136. The van der Waals surface area contributed by atoms with Crippen molar-refractivity contribution < 1.29 is 31.5 Å². The van der Waals surface area contributed by atoms with Gasteiger partial charge in [0.2, 0.25) is 5.82 Å². The van der Waals surface area contributed by atoms with Crippen molar-refractivity contribution in [2.24, 2.45) is 0 Å². The normalized spacial score (nSPS) is 23.2. The fourth-order valence-corrected chi connectivity index (χ4v) is 3.21. The van der Waals surface area contributed by atoms with Gasteiger partial charge >= 0.3 is 11.8 Å².